The lowest BCUT2D eigenvalue weighted by Gasteiger charge is -2.36. The van der Waals surface area contributed by atoms with Gasteiger partial charge in [-0.3, -0.25) is 19.3 Å². The number of fused-ring (bicyclic) bond motifs is 1. The Bertz CT molecular complexity index is 1590. The lowest BCUT2D eigenvalue weighted by atomic mass is 9.71. The van der Waals surface area contributed by atoms with Gasteiger partial charge >= 0.3 is 0 Å². The van der Waals surface area contributed by atoms with Crippen molar-refractivity contribution in [3.63, 3.8) is 0 Å². The van der Waals surface area contributed by atoms with Gasteiger partial charge in [-0.1, -0.05) is 18.2 Å². The van der Waals surface area contributed by atoms with Crippen molar-refractivity contribution < 1.29 is 9.53 Å². The molecule has 10 heteroatoms. The third-order valence-corrected chi connectivity index (χ3v) is 8.49. The van der Waals surface area contributed by atoms with Crippen LogP contribution in [0.3, 0.4) is 0 Å². The number of anilines is 2. The van der Waals surface area contributed by atoms with Gasteiger partial charge in [0.2, 0.25) is 5.91 Å². The van der Waals surface area contributed by atoms with E-state index in [2.05, 4.69) is 37.9 Å². The zero-order valence-corrected chi connectivity index (χ0v) is 22.9. The molecule has 0 bridgehead atoms. The van der Waals surface area contributed by atoms with Crippen molar-refractivity contribution in [1.29, 1.82) is 0 Å². The minimum Gasteiger partial charge on any atom is -0.497 e. The lowest BCUT2D eigenvalue weighted by Crippen LogP contribution is -2.41. The van der Waals surface area contributed by atoms with Crippen LogP contribution < -0.4 is 26.7 Å². The van der Waals surface area contributed by atoms with Gasteiger partial charge in [0.05, 0.1) is 12.6 Å². The van der Waals surface area contributed by atoms with Crippen molar-refractivity contribution >= 4 is 28.4 Å². The number of nitrogens with zero attached hydrogens (tertiary/aromatic N) is 3. The molecular formula is C30H35N7O3. The molecule has 2 heterocycles. The van der Waals surface area contributed by atoms with Crippen LogP contribution in [0.5, 0.6) is 5.75 Å². The molecule has 0 atom stereocenters. The van der Waals surface area contributed by atoms with Crippen molar-refractivity contribution in [3.8, 4) is 5.75 Å². The second-order valence-corrected chi connectivity index (χ2v) is 11.1. The van der Waals surface area contributed by atoms with Gasteiger partial charge in [-0.15, -0.1) is 0 Å². The topological polar surface area (TPSA) is 140 Å². The van der Waals surface area contributed by atoms with Crippen LogP contribution in [0, 0.1) is 18.8 Å². The Hall–Kier alpha value is -4.34. The summed E-state index contributed by atoms with van der Waals surface area (Å²) in [6, 6.07) is 14.1. The van der Waals surface area contributed by atoms with E-state index in [0.717, 1.165) is 22.2 Å². The Labute approximate surface area is 232 Å². The number of aromatic amines is 1. The molecule has 2 fully saturated rings. The summed E-state index contributed by atoms with van der Waals surface area (Å²) in [6.45, 7) is 2.65. The van der Waals surface area contributed by atoms with Crippen LogP contribution in [-0.2, 0) is 23.3 Å². The van der Waals surface area contributed by atoms with Gasteiger partial charge in [0.25, 0.3) is 5.56 Å². The summed E-state index contributed by atoms with van der Waals surface area (Å²) >= 11 is 0. The van der Waals surface area contributed by atoms with Gasteiger partial charge in [0, 0.05) is 35.8 Å². The quantitative estimate of drug-likeness (QED) is 0.228. The maximum absolute atomic E-state index is 13.5. The molecular weight excluding hydrogens is 506 g/mol. The average Bonchev–Trinajstić information content (AvgIpc) is 3.91. The first-order valence-electron chi connectivity index (χ1n) is 13.8. The zero-order valence-electron chi connectivity index (χ0n) is 22.9. The summed E-state index contributed by atoms with van der Waals surface area (Å²) in [4.78, 5) is 30.8. The van der Waals surface area contributed by atoms with E-state index in [9.17, 15) is 9.59 Å². The number of carbonyl (C=O) groups is 1. The van der Waals surface area contributed by atoms with Crippen LogP contribution in [0.4, 0.5) is 11.6 Å². The van der Waals surface area contributed by atoms with Crippen molar-refractivity contribution in [2.45, 2.75) is 51.1 Å². The number of benzene rings is 2. The summed E-state index contributed by atoms with van der Waals surface area (Å²) in [5.41, 5.74) is 9.21. The third kappa shape index (κ3) is 4.89. The van der Waals surface area contributed by atoms with E-state index >= 15 is 0 Å². The molecule has 5 N–H and O–H groups in total. The molecule has 1 amide bonds. The number of rotatable bonds is 11. The SMILES string of the molecule is COc1ccc(C(CNc2ncc(C)n(CC(=O)NCc3ccc4[nH]nc(N)c4c3)c2=O)(C2CC2)C2CC2)cc1. The van der Waals surface area contributed by atoms with Crippen LogP contribution in [0.2, 0.25) is 0 Å². The van der Waals surface area contributed by atoms with E-state index < -0.39 is 0 Å². The predicted octanol–water partition coefficient (Wildman–Crippen LogP) is 3.51. The molecule has 4 aromatic rings. The molecule has 0 radical (unpaired) electrons. The van der Waals surface area contributed by atoms with E-state index in [-0.39, 0.29) is 29.2 Å². The fourth-order valence-corrected chi connectivity index (χ4v) is 6.00. The molecule has 208 valence electrons. The first kappa shape index (κ1) is 25.9. The number of H-pyrrole nitrogens is 1. The lowest BCUT2D eigenvalue weighted by molar-refractivity contribution is -0.121. The summed E-state index contributed by atoms with van der Waals surface area (Å²) in [6.07, 6.45) is 6.41. The molecule has 2 aliphatic rings. The fourth-order valence-electron chi connectivity index (χ4n) is 6.00. The minimum absolute atomic E-state index is 0.0486. The van der Waals surface area contributed by atoms with E-state index in [1.807, 2.05) is 30.3 Å². The van der Waals surface area contributed by atoms with Crippen LogP contribution in [0.15, 0.2) is 53.5 Å². The highest BCUT2D eigenvalue weighted by Crippen LogP contribution is 2.59. The predicted molar refractivity (Wildman–Crippen MR) is 154 cm³/mol. The summed E-state index contributed by atoms with van der Waals surface area (Å²) < 4.78 is 6.86. The van der Waals surface area contributed by atoms with Gasteiger partial charge in [0.1, 0.15) is 12.3 Å². The van der Waals surface area contributed by atoms with Crippen molar-refractivity contribution in [3.05, 3.63) is 75.8 Å². The van der Waals surface area contributed by atoms with Crippen LogP contribution >= 0.6 is 0 Å². The molecule has 6 rings (SSSR count). The molecule has 2 aromatic carbocycles. The summed E-state index contributed by atoms with van der Waals surface area (Å²) in [5, 5.41) is 14.0. The Morgan fingerprint density at radius 2 is 1.88 bits per heavy atom. The van der Waals surface area contributed by atoms with Gasteiger partial charge in [0.15, 0.2) is 11.6 Å². The molecule has 0 aliphatic heterocycles. The second-order valence-electron chi connectivity index (χ2n) is 11.1. The number of ether oxygens (including phenoxy) is 1. The van der Waals surface area contributed by atoms with Crippen LogP contribution in [0.1, 0.15) is 42.5 Å². The molecule has 10 nitrogen and oxygen atoms in total. The molecule has 2 saturated carbocycles. The van der Waals surface area contributed by atoms with E-state index in [1.165, 1.54) is 35.8 Å². The van der Waals surface area contributed by atoms with Crippen LogP contribution in [0.25, 0.3) is 10.9 Å². The molecule has 2 aliphatic carbocycles. The number of aryl methyl sites for hydroxylation is 1. The van der Waals surface area contributed by atoms with Crippen molar-refractivity contribution in [2.24, 2.45) is 11.8 Å². The number of nitrogens with one attached hydrogen (secondary N) is 3. The Kier molecular flexibility index (Phi) is 6.69. The summed E-state index contributed by atoms with van der Waals surface area (Å²) in [7, 11) is 1.68. The molecule has 0 unspecified atom stereocenters. The first-order valence-corrected chi connectivity index (χ1v) is 13.8. The van der Waals surface area contributed by atoms with E-state index in [0.29, 0.717) is 36.4 Å². The van der Waals surface area contributed by atoms with Gasteiger partial charge in [-0.05, 0) is 79.8 Å². The van der Waals surface area contributed by atoms with Crippen molar-refractivity contribution in [1.82, 2.24) is 25.1 Å². The monoisotopic (exact) mass is 541 g/mol. The van der Waals surface area contributed by atoms with Gasteiger partial charge in [-0.2, -0.15) is 5.10 Å². The number of nitrogen functional groups attached to an aromatic ring is 1. The van der Waals surface area contributed by atoms with Crippen LogP contribution in [-0.4, -0.2) is 39.3 Å². The van der Waals surface area contributed by atoms with E-state index in [1.54, 1.807) is 20.2 Å². The first-order chi connectivity index (χ1) is 19.4. The number of hydrogen-bond acceptors (Lipinski definition) is 7. The number of carbonyl (C=O) groups excluding carboxylic acids is 1. The number of aromatic nitrogens is 4. The normalized spacial score (nSPS) is 15.2. The molecule has 0 saturated heterocycles. The zero-order chi connectivity index (χ0) is 27.9. The second kappa shape index (κ2) is 10.3. The summed E-state index contributed by atoms with van der Waals surface area (Å²) in [5.74, 6) is 2.43. The van der Waals surface area contributed by atoms with Gasteiger partial charge in [-0.25, -0.2) is 4.98 Å². The maximum atomic E-state index is 13.5. The molecule has 0 spiro atoms. The largest absolute Gasteiger partial charge is 0.497 e. The number of amides is 1. The van der Waals surface area contributed by atoms with Crippen molar-refractivity contribution in [2.75, 3.05) is 24.7 Å². The highest BCUT2D eigenvalue weighted by atomic mass is 16.5. The maximum Gasteiger partial charge on any atom is 0.293 e. The minimum atomic E-state index is -0.294. The fraction of sp³-hybridized carbons (Fsp3) is 0.400. The van der Waals surface area contributed by atoms with Gasteiger partial charge < -0.3 is 21.1 Å². The molecule has 40 heavy (non-hydrogen) atoms. The standard InChI is InChI=1S/C30H35N7O3/c1-18-14-33-28(34-17-30(20-4-5-20,21-6-7-21)22-8-10-23(40-2)11-9-22)29(39)37(18)16-26(38)32-15-19-3-12-25-24(13-19)27(31)36-35-25/h3,8-14,20-21H,4-7,15-17H2,1-2H3,(H,32,38)(H,33,34)(H3,31,35,36). The Morgan fingerprint density at radius 1 is 1.15 bits per heavy atom. The highest BCUT2D eigenvalue weighted by Gasteiger charge is 2.55. The smallest absolute Gasteiger partial charge is 0.293 e. The Morgan fingerprint density at radius 3 is 2.55 bits per heavy atom. The third-order valence-electron chi connectivity index (χ3n) is 8.49. The number of methoxy groups -OCH3 is 1. The molecule has 2 aromatic heterocycles. The average molecular weight is 542 g/mol. The van der Waals surface area contributed by atoms with E-state index in [4.69, 9.17) is 10.5 Å². The number of nitrogens with two attached hydrogens (primary N) is 1. The highest BCUT2D eigenvalue weighted by molar-refractivity contribution is 5.89. The Balaban J connectivity index is 1.17. The number of hydrogen-bond donors (Lipinski definition) is 4.